The molecule has 8 heteroatoms. The molecular formula is C19H20N2O5S. The molecule has 0 bridgehead atoms. The van der Waals surface area contributed by atoms with Crippen LogP contribution in [0.4, 0.5) is 5.69 Å². The van der Waals surface area contributed by atoms with E-state index in [1.807, 2.05) is 6.07 Å². The number of hydrogen-bond donors (Lipinski definition) is 2. The van der Waals surface area contributed by atoms with Crippen molar-refractivity contribution >= 4 is 32.6 Å². The van der Waals surface area contributed by atoms with Crippen LogP contribution >= 0.6 is 0 Å². The lowest BCUT2D eigenvalue weighted by molar-refractivity contribution is 0.0924. The maximum absolute atomic E-state index is 12.6. The maximum Gasteiger partial charge on any atom is 0.287 e. The molecule has 0 spiro atoms. The summed E-state index contributed by atoms with van der Waals surface area (Å²) in [5.41, 5.74) is 2.37. The van der Waals surface area contributed by atoms with Gasteiger partial charge in [0.2, 0.25) is 10.0 Å². The molecule has 3 aromatic rings. The molecule has 0 saturated heterocycles. The standard InChI is InChI=1S/C19H20N2O5S/c1-12-15-10-14(25-2)8-9-17(15)26-18(12)19(22)20-11-13-6-4-5-7-16(13)21-27(3,23)24/h4-10,21H,11H2,1-3H3,(H,20,22). The monoisotopic (exact) mass is 388 g/mol. The van der Waals surface area contributed by atoms with E-state index in [1.54, 1.807) is 50.4 Å². The second kappa shape index (κ2) is 7.32. The van der Waals surface area contributed by atoms with Crippen molar-refractivity contribution in [2.45, 2.75) is 13.5 Å². The number of para-hydroxylation sites is 1. The second-order valence-electron chi connectivity index (χ2n) is 6.13. The Labute approximate surface area is 157 Å². The predicted molar refractivity (Wildman–Crippen MR) is 104 cm³/mol. The average molecular weight is 388 g/mol. The number of hydrogen-bond acceptors (Lipinski definition) is 5. The number of nitrogens with one attached hydrogen (secondary N) is 2. The van der Waals surface area contributed by atoms with Gasteiger partial charge in [-0.25, -0.2) is 8.42 Å². The summed E-state index contributed by atoms with van der Waals surface area (Å²) in [7, 11) is -1.84. The number of amides is 1. The molecule has 3 rings (SSSR count). The molecule has 7 nitrogen and oxygen atoms in total. The van der Waals surface area contributed by atoms with Crippen LogP contribution in [0, 0.1) is 6.92 Å². The van der Waals surface area contributed by atoms with Crippen molar-refractivity contribution in [3.05, 3.63) is 59.4 Å². The summed E-state index contributed by atoms with van der Waals surface area (Å²) in [4.78, 5) is 12.6. The summed E-state index contributed by atoms with van der Waals surface area (Å²) < 4.78 is 36.3. The average Bonchev–Trinajstić information content (AvgIpc) is 2.95. The molecule has 0 saturated carbocycles. The minimum Gasteiger partial charge on any atom is -0.497 e. The summed E-state index contributed by atoms with van der Waals surface area (Å²) in [6, 6.07) is 12.2. The van der Waals surface area contributed by atoms with Crippen LogP contribution in [0.3, 0.4) is 0 Å². The lowest BCUT2D eigenvalue weighted by Gasteiger charge is -2.11. The molecule has 142 valence electrons. The maximum atomic E-state index is 12.6. The van der Waals surface area contributed by atoms with Gasteiger partial charge in [0.1, 0.15) is 11.3 Å². The SMILES string of the molecule is COc1ccc2oc(C(=O)NCc3ccccc3NS(C)(=O)=O)c(C)c2c1. The highest BCUT2D eigenvalue weighted by molar-refractivity contribution is 7.92. The van der Waals surface area contributed by atoms with Gasteiger partial charge in [0.15, 0.2) is 5.76 Å². The van der Waals surface area contributed by atoms with Gasteiger partial charge in [-0.05, 0) is 36.8 Å². The minimum atomic E-state index is -3.41. The summed E-state index contributed by atoms with van der Waals surface area (Å²) in [6.45, 7) is 1.96. The fraction of sp³-hybridized carbons (Fsp3) is 0.211. The van der Waals surface area contributed by atoms with Gasteiger partial charge in [0.25, 0.3) is 5.91 Å². The van der Waals surface area contributed by atoms with Crippen molar-refractivity contribution in [1.82, 2.24) is 5.32 Å². The Kier molecular flexibility index (Phi) is 5.09. The van der Waals surface area contributed by atoms with Gasteiger partial charge >= 0.3 is 0 Å². The largest absolute Gasteiger partial charge is 0.497 e. The van der Waals surface area contributed by atoms with Gasteiger partial charge in [0, 0.05) is 17.5 Å². The van der Waals surface area contributed by atoms with Crippen LogP contribution in [-0.4, -0.2) is 27.7 Å². The number of furan rings is 1. The number of ether oxygens (including phenoxy) is 1. The first-order valence-corrected chi connectivity index (χ1v) is 10.1. The summed E-state index contributed by atoms with van der Waals surface area (Å²) in [6.07, 6.45) is 1.08. The van der Waals surface area contributed by atoms with Crippen LogP contribution in [0.5, 0.6) is 5.75 Å². The van der Waals surface area contributed by atoms with E-state index < -0.39 is 10.0 Å². The Morgan fingerprint density at radius 2 is 1.93 bits per heavy atom. The highest BCUT2D eigenvalue weighted by Crippen LogP contribution is 2.28. The Balaban J connectivity index is 1.81. The first-order chi connectivity index (χ1) is 12.8. The first kappa shape index (κ1) is 18.8. The van der Waals surface area contributed by atoms with E-state index in [1.165, 1.54) is 0 Å². The van der Waals surface area contributed by atoms with Gasteiger partial charge in [0.05, 0.1) is 19.1 Å². The third-order valence-corrected chi connectivity index (χ3v) is 4.69. The lowest BCUT2D eigenvalue weighted by atomic mass is 10.1. The first-order valence-electron chi connectivity index (χ1n) is 8.19. The van der Waals surface area contributed by atoms with Crippen LogP contribution < -0.4 is 14.8 Å². The normalized spacial score (nSPS) is 11.4. The molecule has 1 amide bonds. The molecule has 0 aliphatic rings. The quantitative estimate of drug-likeness (QED) is 0.676. The summed E-state index contributed by atoms with van der Waals surface area (Å²) in [5, 5.41) is 3.58. The summed E-state index contributed by atoms with van der Waals surface area (Å²) >= 11 is 0. The van der Waals surface area contributed by atoms with E-state index in [2.05, 4.69) is 10.0 Å². The molecular weight excluding hydrogens is 368 g/mol. The number of rotatable bonds is 6. The number of fused-ring (bicyclic) bond motifs is 1. The van der Waals surface area contributed by atoms with Crippen LogP contribution in [0.15, 0.2) is 46.9 Å². The number of methoxy groups -OCH3 is 1. The molecule has 0 fully saturated rings. The minimum absolute atomic E-state index is 0.150. The molecule has 27 heavy (non-hydrogen) atoms. The van der Waals surface area contributed by atoms with Crippen molar-refractivity contribution in [3.8, 4) is 5.75 Å². The number of aryl methyl sites for hydroxylation is 1. The zero-order valence-corrected chi connectivity index (χ0v) is 16.0. The highest BCUT2D eigenvalue weighted by atomic mass is 32.2. The van der Waals surface area contributed by atoms with Crippen LogP contribution in [0.25, 0.3) is 11.0 Å². The van der Waals surface area contributed by atoms with Gasteiger partial charge in [-0.15, -0.1) is 0 Å². The highest BCUT2D eigenvalue weighted by Gasteiger charge is 2.18. The molecule has 0 unspecified atom stereocenters. The molecule has 2 N–H and O–H groups in total. The number of sulfonamides is 1. The van der Waals surface area contributed by atoms with Crippen molar-refractivity contribution < 1.29 is 22.4 Å². The van der Waals surface area contributed by atoms with Gasteiger partial charge in [-0.1, -0.05) is 18.2 Å². The zero-order chi connectivity index (χ0) is 19.6. The Morgan fingerprint density at radius 3 is 2.63 bits per heavy atom. The Hall–Kier alpha value is -3.00. The van der Waals surface area contributed by atoms with E-state index in [-0.39, 0.29) is 18.2 Å². The fourth-order valence-corrected chi connectivity index (χ4v) is 3.37. The zero-order valence-electron chi connectivity index (χ0n) is 15.2. The van der Waals surface area contributed by atoms with Gasteiger partial charge < -0.3 is 14.5 Å². The van der Waals surface area contributed by atoms with Gasteiger partial charge in [-0.2, -0.15) is 0 Å². The number of carbonyl (C=O) groups is 1. The van der Waals surface area contributed by atoms with E-state index in [0.717, 1.165) is 11.6 Å². The Bertz CT molecular complexity index is 1100. The third kappa shape index (κ3) is 4.22. The van der Waals surface area contributed by atoms with Crippen molar-refractivity contribution in [1.29, 1.82) is 0 Å². The number of anilines is 1. The van der Waals surface area contributed by atoms with Gasteiger partial charge in [-0.3, -0.25) is 9.52 Å². The van der Waals surface area contributed by atoms with E-state index in [4.69, 9.17) is 9.15 Å². The van der Waals surface area contributed by atoms with Crippen LogP contribution in [-0.2, 0) is 16.6 Å². The van der Waals surface area contributed by atoms with Crippen molar-refractivity contribution in [2.75, 3.05) is 18.1 Å². The topological polar surface area (TPSA) is 97.6 Å². The van der Waals surface area contributed by atoms with Crippen LogP contribution in [0.1, 0.15) is 21.7 Å². The Morgan fingerprint density at radius 1 is 1.19 bits per heavy atom. The molecule has 1 heterocycles. The molecule has 2 aromatic carbocycles. The molecule has 0 aliphatic carbocycles. The summed E-state index contributed by atoms with van der Waals surface area (Å²) in [5.74, 6) is 0.516. The third-order valence-electron chi connectivity index (χ3n) is 4.10. The van der Waals surface area contributed by atoms with E-state index >= 15 is 0 Å². The number of carbonyl (C=O) groups excluding carboxylic acids is 1. The van der Waals surface area contributed by atoms with E-state index in [9.17, 15) is 13.2 Å². The fourth-order valence-electron chi connectivity index (χ4n) is 2.77. The lowest BCUT2D eigenvalue weighted by Crippen LogP contribution is -2.24. The van der Waals surface area contributed by atoms with Crippen molar-refractivity contribution in [2.24, 2.45) is 0 Å². The van der Waals surface area contributed by atoms with E-state index in [0.29, 0.717) is 28.1 Å². The molecule has 0 atom stereocenters. The second-order valence-corrected chi connectivity index (χ2v) is 7.88. The molecule has 0 aliphatic heterocycles. The predicted octanol–water partition coefficient (Wildman–Crippen LogP) is 3.05. The molecule has 0 radical (unpaired) electrons. The molecule has 1 aromatic heterocycles. The van der Waals surface area contributed by atoms with Crippen molar-refractivity contribution in [3.63, 3.8) is 0 Å². The number of benzene rings is 2. The van der Waals surface area contributed by atoms with Crippen LogP contribution in [0.2, 0.25) is 0 Å². The smallest absolute Gasteiger partial charge is 0.287 e.